The van der Waals surface area contributed by atoms with Gasteiger partial charge in [0.1, 0.15) is 0 Å². The largest absolute Gasteiger partial charge is 0.145 e. The average Bonchev–Trinajstić information content (AvgIpc) is 0.918. The highest BCUT2D eigenvalue weighted by molar-refractivity contribution is 6.33. The van der Waals surface area contributed by atoms with Gasteiger partial charge in [-0.05, 0) is 23.6 Å². The zero-order valence-corrected chi connectivity index (χ0v) is 4.27. The van der Waals surface area contributed by atoms with Crippen LogP contribution in [0.1, 0.15) is 0 Å². The highest BCUT2D eigenvalue weighted by Gasteiger charge is 1.34. The van der Waals surface area contributed by atoms with Gasteiger partial charge < -0.3 is 0 Å². The van der Waals surface area contributed by atoms with Crippen LogP contribution in [0.2, 0.25) is 0 Å². The van der Waals surface area contributed by atoms with Gasteiger partial charge in [0.05, 0.1) is 0 Å². The van der Waals surface area contributed by atoms with Crippen LogP contribution in [0.25, 0.3) is 0 Å². The maximum Gasteiger partial charge on any atom is 0 e. The van der Waals surface area contributed by atoms with E-state index < -0.39 is 0 Å². The molecule has 0 aliphatic carbocycles. The lowest BCUT2D eigenvalue weighted by Gasteiger charge is -1.49. The summed E-state index contributed by atoms with van der Waals surface area (Å²) in [5.41, 5.74) is 0. The Balaban J connectivity index is 0. The summed E-state index contributed by atoms with van der Waals surface area (Å²) in [5, 5.41) is 0. The maximum atomic E-state index is 4.51. The summed E-state index contributed by atoms with van der Waals surface area (Å²) in [6.45, 7) is 0. The second kappa shape index (κ2) is 9.25. The molecule has 4 heavy (non-hydrogen) atoms. The number of nitrogens with one attached hydrogen (secondary N) is 1. The first-order valence-corrected chi connectivity index (χ1v) is 1.13. The van der Waals surface area contributed by atoms with Gasteiger partial charge >= 0.3 is 0 Å². The molecule has 0 unspecified atom stereocenters. The molecule has 0 spiro atoms. The van der Waals surface area contributed by atoms with Crippen LogP contribution in [0.3, 0.4) is 0 Å². The minimum Gasteiger partial charge on any atom is -0.145 e. The van der Waals surface area contributed by atoms with Crippen molar-refractivity contribution in [3.8, 4) is 0 Å². The molecule has 1 nitrogen and oxygen atoms in total. The van der Waals surface area contributed by atoms with Gasteiger partial charge in [0.2, 0.25) is 0 Å². The van der Waals surface area contributed by atoms with E-state index in [2.05, 4.69) is 23.6 Å². The monoisotopic (exact) mass is 113 g/mol. The number of hydrogen-bond donors (Lipinski definition) is 1. The maximum absolute atomic E-state index is 4.51. The first-order chi connectivity index (χ1) is 1.41. The summed E-state index contributed by atoms with van der Waals surface area (Å²) in [6.07, 6.45) is 0. The number of rotatable bonds is 0. The van der Waals surface area contributed by atoms with Gasteiger partial charge in [-0.15, -0.1) is 4.35 Å². The fraction of sp³-hybridized carbons (Fsp3) is 0. The van der Waals surface area contributed by atoms with Crippen molar-refractivity contribution in [2.45, 2.75) is 0 Å². The molecule has 0 amide bonds. The molecule has 0 fully saturated rings. The topological polar surface area (TPSA) is 12.0 Å². The molecule has 0 bridgehead atoms. The fourth-order valence-corrected chi connectivity index (χ4v) is 0. The normalized spacial score (nSPS) is 4.50. The molecular formula is HCl2NSi. The number of halogens is 2. The SMILES string of the molecule is ClNCl.[Si]. The molecule has 4 heteroatoms. The Bertz CT molecular complexity index is 6.00. The minimum absolute atomic E-state index is 0. The number of hydrogen-bond acceptors (Lipinski definition) is 1. The van der Waals surface area contributed by atoms with Crippen LogP contribution in [-0.2, 0) is 0 Å². The lowest BCUT2D eigenvalue weighted by molar-refractivity contribution is 1.69. The van der Waals surface area contributed by atoms with Gasteiger partial charge in [0.15, 0.2) is 0 Å². The van der Waals surface area contributed by atoms with Crippen LogP contribution in [-0.4, -0.2) is 11.0 Å². The van der Waals surface area contributed by atoms with E-state index in [0.29, 0.717) is 0 Å². The first kappa shape index (κ1) is 8.83. The molecule has 0 saturated carbocycles. The molecule has 0 atom stereocenters. The smallest absolute Gasteiger partial charge is 0 e. The second-order valence-electron chi connectivity index (χ2n) is 0.0714. The van der Waals surface area contributed by atoms with Crippen molar-refractivity contribution in [1.82, 2.24) is 4.35 Å². The van der Waals surface area contributed by atoms with Crippen molar-refractivity contribution in [1.29, 1.82) is 0 Å². The summed E-state index contributed by atoms with van der Waals surface area (Å²) in [6, 6.07) is 0. The lowest BCUT2D eigenvalue weighted by Crippen LogP contribution is -1.59. The van der Waals surface area contributed by atoms with E-state index in [4.69, 9.17) is 0 Å². The summed E-state index contributed by atoms with van der Waals surface area (Å²) in [7, 11) is 0. The molecule has 0 aromatic heterocycles. The van der Waals surface area contributed by atoms with Crippen molar-refractivity contribution in [2.75, 3.05) is 0 Å². The average molecular weight is 114 g/mol. The van der Waals surface area contributed by atoms with Crippen molar-refractivity contribution >= 4 is 34.5 Å². The Labute approximate surface area is 39.5 Å². The van der Waals surface area contributed by atoms with Gasteiger partial charge in [0, 0.05) is 11.0 Å². The Morgan fingerprint density at radius 2 is 1.25 bits per heavy atom. The summed E-state index contributed by atoms with van der Waals surface area (Å²) >= 11 is 9.03. The molecule has 0 aromatic rings. The second-order valence-corrected chi connectivity index (χ2v) is 0.643. The third-order valence-corrected chi connectivity index (χ3v) is 0. The Morgan fingerprint density at radius 1 is 1.25 bits per heavy atom. The predicted octanol–water partition coefficient (Wildman–Crippen LogP) is 0.503. The Hall–Kier alpha value is 0.757. The predicted molar refractivity (Wildman–Crippen MR) is 20.6 cm³/mol. The quantitative estimate of drug-likeness (QED) is 0.357. The van der Waals surface area contributed by atoms with Gasteiger partial charge in [-0.1, -0.05) is 0 Å². The summed E-state index contributed by atoms with van der Waals surface area (Å²) in [4.78, 5) is 0. The Morgan fingerprint density at radius 3 is 1.25 bits per heavy atom. The zero-order chi connectivity index (χ0) is 2.71. The summed E-state index contributed by atoms with van der Waals surface area (Å²) < 4.78 is 1.69. The molecule has 0 aliphatic rings. The van der Waals surface area contributed by atoms with E-state index in [9.17, 15) is 0 Å². The van der Waals surface area contributed by atoms with Gasteiger partial charge in [-0.2, -0.15) is 0 Å². The molecule has 0 aromatic carbocycles. The van der Waals surface area contributed by atoms with Crippen molar-refractivity contribution in [2.24, 2.45) is 0 Å². The zero-order valence-electron chi connectivity index (χ0n) is 1.76. The fourth-order valence-electron chi connectivity index (χ4n) is 0. The molecule has 0 saturated heterocycles. The van der Waals surface area contributed by atoms with Crippen molar-refractivity contribution in [3.05, 3.63) is 0 Å². The van der Waals surface area contributed by atoms with Crippen LogP contribution in [0.15, 0.2) is 0 Å². The van der Waals surface area contributed by atoms with Crippen LogP contribution in [0.5, 0.6) is 0 Å². The third kappa shape index (κ3) is 14.9. The van der Waals surface area contributed by atoms with Gasteiger partial charge in [0.25, 0.3) is 0 Å². The first-order valence-electron chi connectivity index (χ1n) is 0.378. The molecular weight excluding hydrogens is 113 g/mol. The molecule has 24 valence electrons. The van der Waals surface area contributed by atoms with Crippen LogP contribution in [0, 0.1) is 0 Å². The van der Waals surface area contributed by atoms with E-state index in [1.807, 2.05) is 0 Å². The van der Waals surface area contributed by atoms with E-state index in [1.54, 1.807) is 4.35 Å². The highest BCUT2D eigenvalue weighted by Crippen LogP contribution is 1.57. The van der Waals surface area contributed by atoms with Crippen LogP contribution >= 0.6 is 23.6 Å². The standard InChI is InChI=1S/Cl2HN.Si/c1-3-2;/h3H;. The molecule has 1 N–H and O–H groups in total. The van der Waals surface area contributed by atoms with Crippen molar-refractivity contribution in [3.63, 3.8) is 0 Å². The molecule has 4 radical (unpaired) electrons. The minimum atomic E-state index is 0. The van der Waals surface area contributed by atoms with E-state index in [-0.39, 0.29) is 11.0 Å². The Kier molecular flexibility index (Phi) is 20.4. The molecule has 0 heterocycles. The van der Waals surface area contributed by atoms with E-state index in [0.717, 1.165) is 0 Å². The van der Waals surface area contributed by atoms with Crippen molar-refractivity contribution < 1.29 is 0 Å². The third-order valence-electron chi connectivity index (χ3n) is 0. The summed E-state index contributed by atoms with van der Waals surface area (Å²) in [5.74, 6) is 0. The molecule has 0 aliphatic heterocycles. The molecule has 0 rings (SSSR count). The van der Waals surface area contributed by atoms with E-state index >= 15 is 0 Å². The van der Waals surface area contributed by atoms with Gasteiger partial charge in [-0.25, -0.2) is 0 Å². The van der Waals surface area contributed by atoms with E-state index in [1.165, 1.54) is 0 Å². The highest BCUT2D eigenvalue weighted by atomic mass is 35.5. The van der Waals surface area contributed by atoms with Crippen LogP contribution in [0.4, 0.5) is 0 Å². The van der Waals surface area contributed by atoms with Gasteiger partial charge in [-0.3, -0.25) is 0 Å². The van der Waals surface area contributed by atoms with Crippen LogP contribution < -0.4 is 4.35 Å². The lowest BCUT2D eigenvalue weighted by atomic mass is 13.9.